The summed E-state index contributed by atoms with van der Waals surface area (Å²) in [4.78, 5) is 6.38. The first-order chi connectivity index (χ1) is 7.12. The molecule has 1 saturated heterocycles. The minimum absolute atomic E-state index is 0.0245. The van der Waals surface area contributed by atoms with E-state index >= 15 is 0 Å². The highest BCUT2D eigenvalue weighted by atomic mass is 15.2. The average Bonchev–Trinajstić information content (AvgIpc) is 2.64. The van der Waals surface area contributed by atoms with Gasteiger partial charge in [0.25, 0.3) is 0 Å². The summed E-state index contributed by atoms with van der Waals surface area (Å²) in [5, 5.41) is 0. The summed E-state index contributed by atoms with van der Waals surface area (Å²) >= 11 is 0. The summed E-state index contributed by atoms with van der Waals surface area (Å²) in [6.07, 6.45) is 4.75. The van der Waals surface area contributed by atoms with Crippen molar-refractivity contribution in [3.05, 3.63) is 24.5 Å². The van der Waals surface area contributed by atoms with E-state index in [1.807, 2.05) is 24.5 Å². The lowest BCUT2D eigenvalue weighted by Crippen LogP contribution is -2.47. The topological polar surface area (TPSA) is 42.1 Å². The maximum atomic E-state index is 6.37. The molecular formula is C12H19N3. The monoisotopic (exact) mass is 205 g/mol. The van der Waals surface area contributed by atoms with Crippen molar-refractivity contribution in [2.24, 2.45) is 11.7 Å². The Labute approximate surface area is 91.3 Å². The van der Waals surface area contributed by atoms with Gasteiger partial charge in [-0.3, -0.25) is 4.98 Å². The number of anilines is 1. The zero-order valence-corrected chi connectivity index (χ0v) is 9.48. The molecule has 15 heavy (non-hydrogen) atoms. The first kappa shape index (κ1) is 10.4. The van der Waals surface area contributed by atoms with Crippen LogP contribution in [-0.4, -0.2) is 23.6 Å². The molecule has 0 aromatic carbocycles. The number of nitrogens with zero attached hydrogens (tertiary/aromatic N) is 2. The second kappa shape index (κ2) is 3.81. The molecule has 0 unspecified atom stereocenters. The van der Waals surface area contributed by atoms with Gasteiger partial charge in [0.05, 0.1) is 0 Å². The Kier molecular flexibility index (Phi) is 2.65. The van der Waals surface area contributed by atoms with Crippen LogP contribution in [0.25, 0.3) is 0 Å². The van der Waals surface area contributed by atoms with Gasteiger partial charge in [0.2, 0.25) is 0 Å². The summed E-state index contributed by atoms with van der Waals surface area (Å²) in [6.45, 7) is 6.42. The Balaban J connectivity index is 2.11. The van der Waals surface area contributed by atoms with Crippen molar-refractivity contribution in [1.82, 2.24) is 4.98 Å². The number of hydrogen-bond acceptors (Lipinski definition) is 3. The standard InChI is InChI=1S/C12H19N3/c1-10(2)12(13)5-8-15(9-12)11-3-6-14-7-4-11/h3-4,6-7,10H,5,8-9,13H2,1-2H3/t12-/m0/s1. The maximum Gasteiger partial charge on any atom is 0.0397 e. The maximum absolute atomic E-state index is 6.37. The number of rotatable bonds is 2. The van der Waals surface area contributed by atoms with Crippen LogP contribution < -0.4 is 10.6 Å². The van der Waals surface area contributed by atoms with Gasteiger partial charge in [-0.2, -0.15) is 0 Å². The molecule has 2 N–H and O–H groups in total. The molecule has 2 heterocycles. The van der Waals surface area contributed by atoms with Crippen LogP contribution in [0.3, 0.4) is 0 Å². The van der Waals surface area contributed by atoms with Crippen molar-refractivity contribution in [2.45, 2.75) is 25.8 Å². The number of nitrogens with two attached hydrogens (primary N) is 1. The van der Waals surface area contributed by atoms with E-state index in [1.54, 1.807) is 0 Å². The molecule has 1 aliphatic rings. The van der Waals surface area contributed by atoms with Crippen molar-refractivity contribution in [2.75, 3.05) is 18.0 Å². The molecule has 0 saturated carbocycles. The van der Waals surface area contributed by atoms with Gasteiger partial charge >= 0.3 is 0 Å². The lowest BCUT2D eigenvalue weighted by atomic mass is 9.87. The van der Waals surface area contributed by atoms with E-state index in [4.69, 9.17) is 5.73 Å². The lowest BCUT2D eigenvalue weighted by Gasteiger charge is -2.29. The number of hydrogen-bond donors (Lipinski definition) is 1. The SMILES string of the molecule is CC(C)[C@]1(N)CCN(c2ccncc2)C1. The zero-order valence-electron chi connectivity index (χ0n) is 9.48. The van der Waals surface area contributed by atoms with Crippen molar-refractivity contribution in [3.8, 4) is 0 Å². The van der Waals surface area contributed by atoms with Gasteiger partial charge in [0.1, 0.15) is 0 Å². The van der Waals surface area contributed by atoms with E-state index in [1.165, 1.54) is 5.69 Å². The molecule has 0 radical (unpaired) electrons. The fourth-order valence-corrected chi connectivity index (χ4v) is 2.10. The molecule has 0 spiro atoms. The van der Waals surface area contributed by atoms with Crippen LogP contribution >= 0.6 is 0 Å². The molecule has 2 rings (SSSR count). The highest BCUT2D eigenvalue weighted by Crippen LogP contribution is 2.29. The van der Waals surface area contributed by atoms with E-state index in [2.05, 4.69) is 23.7 Å². The van der Waals surface area contributed by atoms with Crippen molar-refractivity contribution < 1.29 is 0 Å². The Hall–Kier alpha value is -1.09. The molecular weight excluding hydrogens is 186 g/mol. The minimum Gasteiger partial charge on any atom is -0.370 e. The molecule has 1 fully saturated rings. The minimum atomic E-state index is -0.0245. The molecule has 1 aromatic heterocycles. The van der Waals surface area contributed by atoms with Crippen LogP contribution in [-0.2, 0) is 0 Å². The first-order valence-corrected chi connectivity index (χ1v) is 5.56. The number of pyridine rings is 1. The van der Waals surface area contributed by atoms with Crippen molar-refractivity contribution >= 4 is 5.69 Å². The molecule has 0 amide bonds. The van der Waals surface area contributed by atoms with Gasteiger partial charge in [0, 0.05) is 36.7 Å². The molecule has 82 valence electrons. The van der Waals surface area contributed by atoms with E-state index in [9.17, 15) is 0 Å². The Morgan fingerprint density at radius 1 is 1.40 bits per heavy atom. The fourth-order valence-electron chi connectivity index (χ4n) is 2.10. The van der Waals surface area contributed by atoms with Crippen molar-refractivity contribution in [3.63, 3.8) is 0 Å². The van der Waals surface area contributed by atoms with Crippen LogP contribution in [0, 0.1) is 5.92 Å². The molecule has 1 aliphatic heterocycles. The van der Waals surface area contributed by atoms with Gasteiger partial charge in [-0.05, 0) is 24.5 Å². The zero-order chi connectivity index (χ0) is 10.9. The molecule has 0 aliphatic carbocycles. The fraction of sp³-hybridized carbons (Fsp3) is 0.583. The highest BCUT2D eigenvalue weighted by Gasteiger charge is 2.36. The molecule has 1 atom stereocenters. The molecule has 3 heteroatoms. The highest BCUT2D eigenvalue weighted by molar-refractivity contribution is 5.46. The van der Waals surface area contributed by atoms with E-state index in [0.29, 0.717) is 5.92 Å². The second-order valence-corrected chi connectivity index (χ2v) is 4.76. The summed E-state index contributed by atoms with van der Waals surface area (Å²) < 4.78 is 0. The molecule has 1 aromatic rings. The van der Waals surface area contributed by atoms with Crippen LogP contribution in [0.5, 0.6) is 0 Å². The van der Waals surface area contributed by atoms with Crippen LogP contribution in [0.2, 0.25) is 0 Å². The summed E-state index contributed by atoms with van der Waals surface area (Å²) in [7, 11) is 0. The third-order valence-electron chi connectivity index (χ3n) is 3.51. The third kappa shape index (κ3) is 1.97. The van der Waals surface area contributed by atoms with Gasteiger partial charge in [0.15, 0.2) is 0 Å². The predicted octanol–water partition coefficient (Wildman–Crippen LogP) is 1.65. The van der Waals surface area contributed by atoms with Crippen molar-refractivity contribution in [1.29, 1.82) is 0 Å². The summed E-state index contributed by atoms with van der Waals surface area (Å²) in [6, 6.07) is 4.10. The summed E-state index contributed by atoms with van der Waals surface area (Å²) in [5.74, 6) is 0.532. The smallest absolute Gasteiger partial charge is 0.0397 e. The Bertz CT molecular complexity index is 323. The first-order valence-electron chi connectivity index (χ1n) is 5.56. The normalized spacial score (nSPS) is 26.3. The van der Waals surface area contributed by atoms with Crippen LogP contribution in [0.4, 0.5) is 5.69 Å². The van der Waals surface area contributed by atoms with Crippen LogP contribution in [0.15, 0.2) is 24.5 Å². The lowest BCUT2D eigenvalue weighted by molar-refractivity contribution is 0.342. The van der Waals surface area contributed by atoms with Gasteiger partial charge in [-0.25, -0.2) is 0 Å². The quantitative estimate of drug-likeness (QED) is 0.798. The Morgan fingerprint density at radius 3 is 2.60 bits per heavy atom. The van der Waals surface area contributed by atoms with Gasteiger partial charge in [-0.1, -0.05) is 13.8 Å². The van der Waals surface area contributed by atoms with Gasteiger partial charge < -0.3 is 10.6 Å². The summed E-state index contributed by atoms with van der Waals surface area (Å²) in [5.41, 5.74) is 7.58. The molecule has 0 bridgehead atoms. The van der Waals surface area contributed by atoms with E-state index in [-0.39, 0.29) is 5.54 Å². The average molecular weight is 205 g/mol. The third-order valence-corrected chi connectivity index (χ3v) is 3.51. The van der Waals surface area contributed by atoms with Gasteiger partial charge in [-0.15, -0.1) is 0 Å². The largest absolute Gasteiger partial charge is 0.370 e. The van der Waals surface area contributed by atoms with E-state index in [0.717, 1.165) is 19.5 Å². The van der Waals surface area contributed by atoms with E-state index < -0.39 is 0 Å². The Morgan fingerprint density at radius 2 is 2.07 bits per heavy atom. The second-order valence-electron chi connectivity index (χ2n) is 4.76. The predicted molar refractivity (Wildman–Crippen MR) is 62.8 cm³/mol. The van der Waals surface area contributed by atoms with Crippen LogP contribution in [0.1, 0.15) is 20.3 Å². The number of aromatic nitrogens is 1. The molecule has 3 nitrogen and oxygen atoms in total.